The summed E-state index contributed by atoms with van der Waals surface area (Å²) in [6.07, 6.45) is 4.52. The maximum absolute atomic E-state index is 11.9. The molecule has 0 fully saturated rings. The van der Waals surface area contributed by atoms with Crippen LogP contribution in [0, 0.1) is 5.92 Å². The van der Waals surface area contributed by atoms with Crippen molar-refractivity contribution in [2.45, 2.75) is 32.6 Å². The molecular weight excluding hydrogens is 250 g/mol. The highest BCUT2D eigenvalue weighted by atomic mass is 32.1. The Morgan fingerprint density at radius 3 is 2.83 bits per heavy atom. The molecule has 0 saturated heterocycles. The lowest BCUT2D eigenvalue weighted by Gasteiger charge is -2.08. The van der Waals surface area contributed by atoms with Crippen molar-refractivity contribution in [2.24, 2.45) is 5.92 Å². The molecule has 1 aliphatic rings. The van der Waals surface area contributed by atoms with Gasteiger partial charge in [0.25, 0.3) is 5.91 Å². The Labute approximate surface area is 110 Å². The Morgan fingerprint density at radius 1 is 1.44 bits per heavy atom. The van der Waals surface area contributed by atoms with Gasteiger partial charge in [-0.15, -0.1) is 11.3 Å². The topological polar surface area (TPSA) is 66.4 Å². The fourth-order valence-electron chi connectivity index (χ4n) is 2.02. The first-order chi connectivity index (χ1) is 8.58. The molecule has 0 radical (unpaired) electrons. The lowest BCUT2D eigenvalue weighted by Crippen LogP contribution is -2.30. The fraction of sp³-hybridized carbons (Fsp3) is 0.538. The van der Waals surface area contributed by atoms with E-state index in [2.05, 4.69) is 5.32 Å². The highest BCUT2D eigenvalue weighted by molar-refractivity contribution is 7.14. The van der Waals surface area contributed by atoms with E-state index < -0.39 is 11.9 Å². The summed E-state index contributed by atoms with van der Waals surface area (Å²) in [6.45, 7) is 1.76. The van der Waals surface area contributed by atoms with E-state index in [1.165, 1.54) is 23.3 Å². The van der Waals surface area contributed by atoms with Crippen molar-refractivity contribution in [2.75, 3.05) is 6.54 Å². The van der Waals surface area contributed by atoms with Gasteiger partial charge in [-0.05, 0) is 37.3 Å². The summed E-state index contributed by atoms with van der Waals surface area (Å²) in [5, 5.41) is 11.4. The molecule has 1 aromatic rings. The molecule has 1 aliphatic carbocycles. The minimum Gasteiger partial charge on any atom is -0.481 e. The molecule has 1 unspecified atom stereocenters. The number of aryl methyl sites for hydroxylation is 2. The molecule has 1 amide bonds. The first-order valence-corrected chi connectivity index (χ1v) is 7.02. The molecule has 0 bridgehead atoms. The van der Waals surface area contributed by atoms with Crippen LogP contribution in [-0.2, 0) is 17.6 Å². The van der Waals surface area contributed by atoms with Crippen molar-refractivity contribution >= 4 is 23.2 Å². The van der Waals surface area contributed by atoms with Gasteiger partial charge in [-0.3, -0.25) is 9.59 Å². The first kappa shape index (κ1) is 13.1. The summed E-state index contributed by atoms with van der Waals surface area (Å²) in [6, 6.07) is 1.96. The zero-order chi connectivity index (χ0) is 13.1. The molecule has 2 N–H and O–H groups in total. The molecule has 1 aromatic heterocycles. The number of carboxylic acid groups (broad SMARTS) is 1. The van der Waals surface area contributed by atoms with E-state index in [1.54, 1.807) is 18.3 Å². The molecule has 0 saturated carbocycles. The number of fused-ring (bicyclic) bond motifs is 1. The minimum atomic E-state index is -0.888. The Balaban J connectivity index is 1.97. The van der Waals surface area contributed by atoms with Crippen molar-refractivity contribution in [3.8, 4) is 0 Å². The van der Waals surface area contributed by atoms with Gasteiger partial charge in [0.2, 0.25) is 0 Å². The zero-order valence-corrected chi connectivity index (χ0v) is 11.2. The molecule has 0 aromatic carbocycles. The van der Waals surface area contributed by atoms with E-state index in [0.717, 1.165) is 12.8 Å². The average Bonchev–Trinajstić information content (AvgIpc) is 2.79. The third-order valence-corrected chi connectivity index (χ3v) is 4.45. The van der Waals surface area contributed by atoms with Crippen molar-refractivity contribution in [3.63, 3.8) is 0 Å². The molecule has 5 heteroatoms. The summed E-state index contributed by atoms with van der Waals surface area (Å²) in [5.41, 5.74) is 1.29. The monoisotopic (exact) mass is 267 g/mol. The van der Waals surface area contributed by atoms with Crippen LogP contribution in [-0.4, -0.2) is 23.5 Å². The molecule has 0 aliphatic heterocycles. The van der Waals surface area contributed by atoms with Crippen LogP contribution in [0.2, 0.25) is 0 Å². The van der Waals surface area contributed by atoms with Crippen LogP contribution < -0.4 is 5.32 Å². The van der Waals surface area contributed by atoms with Crippen LogP contribution in [0.15, 0.2) is 6.07 Å². The molecule has 2 rings (SSSR count). The molecule has 0 spiro atoms. The van der Waals surface area contributed by atoms with Crippen LogP contribution in [0.3, 0.4) is 0 Å². The van der Waals surface area contributed by atoms with Crippen molar-refractivity contribution in [1.29, 1.82) is 0 Å². The van der Waals surface area contributed by atoms with E-state index in [-0.39, 0.29) is 12.5 Å². The van der Waals surface area contributed by atoms with Gasteiger partial charge in [-0.25, -0.2) is 0 Å². The highest BCUT2D eigenvalue weighted by Crippen LogP contribution is 2.29. The second-order valence-electron chi connectivity index (χ2n) is 4.72. The van der Waals surface area contributed by atoms with Gasteiger partial charge >= 0.3 is 5.97 Å². The molecule has 18 heavy (non-hydrogen) atoms. The fourth-order valence-corrected chi connectivity index (χ4v) is 3.19. The lowest BCUT2D eigenvalue weighted by molar-refractivity contribution is -0.140. The molecule has 1 heterocycles. The van der Waals surface area contributed by atoms with Gasteiger partial charge in [0.15, 0.2) is 0 Å². The van der Waals surface area contributed by atoms with Crippen LogP contribution in [0.1, 0.15) is 39.9 Å². The number of hydrogen-bond acceptors (Lipinski definition) is 3. The van der Waals surface area contributed by atoms with E-state index in [0.29, 0.717) is 4.88 Å². The minimum absolute atomic E-state index is 0.150. The Bertz CT molecular complexity index is 443. The van der Waals surface area contributed by atoms with Gasteiger partial charge in [0, 0.05) is 11.4 Å². The predicted octanol–water partition coefficient (Wildman–Crippen LogP) is 2.08. The average molecular weight is 267 g/mol. The maximum Gasteiger partial charge on any atom is 0.308 e. The number of aliphatic carboxylic acids is 1. The summed E-state index contributed by atoms with van der Waals surface area (Å²) < 4.78 is 0. The van der Waals surface area contributed by atoms with Crippen LogP contribution >= 0.6 is 11.3 Å². The van der Waals surface area contributed by atoms with Gasteiger partial charge in [-0.1, -0.05) is 6.92 Å². The predicted molar refractivity (Wildman–Crippen MR) is 70.1 cm³/mol. The third-order valence-electron chi connectivity index (χ3n) is 3.21. The van der Waals surface area contributed by atoms with Gasteiger partial charge in [0.1, 0.15) is 0 Å². The number of nitrogens with one attached hydrogen (secondary N) is 1. The Kier molecular flexibility index (Phi) is 4.01. The summed E-state index contributed by atoms with van der Waals surface area (Å²) in [7, 11) is 0. The largest absolute Gasteiger partial charge is 0.481 e. The molecule has 98 valence electrons. The normalized spacial score (nSPS) is 15.8. The number of carbonyl (C=O) groups is 2. The lowest BCUT2D eigenvalue weighted by atomic mass is 9.99. The first-order valence-electron chi connectivity index (χ1n) is 6.20. The second kappa shape index (κ2) is 5.52. The van der Waals surface area contributed by atoms with Gasteiger partial charge in [0.05, 0.1) is 10.8 Å². The van der Waals surface area contributed by atoms with E-state index in [9.17, 15) is 9.59 Å². The number of thiophene rings is 1. The van der Waals surface area contributed by atoms with E-state index >= 15 is 0 Å². The molecular formula is C13H17NO3S. The summed E-state index contributed by atoms with van der Waals surface area (Å²) in [5.74, 6) is -1.59. The quantitative estimate of drug-likeness (QED) is 0.877. The van der Waals surface area contributed by atoms with Crippen LogP contribution in [0.5, 0.6) is 0 Å². The van der Waals surface area contributed by atoms with Crippen molar-refractivity contribution in [3.05, 3.63) is 21.4 Å². The Morgan fingerprint density at radius 2 is 2.17 bits per heavy atom. The smallest absolute Gasteiger partial charge is 0.308 e. The number of rotatable bonds is 4. The zero-order valence-electron chi connectivity index (χ0n) is 10.4. The number of hydrogen-bond donors (Lipinski definition) is 2. The number of carboxylic acids is 1. The third kappa shape index (κ3) is 2.90. The second-order valence-corrected chi connectivity index (χ2v) is 5.85. The van der Waals surface area contributed by atoms with Crippen molar-refractivity contribution < 1.29 is 14.7 Å². The van der Waals surface area contributed by atoms with Gasteiger partial charge < -0.3 is 10.4 Å². The SMILES string of the molecule is CC(CNC(=O)c1cc2c(s1)CCCC2)C(=O)O. The molecule has 4 nitrogen and oxygen atoms in total. The van der Waals surface area contributed by atoms with Gasteiger partial charge in [-0.2, -0.15) is 0 Å². The maximum atomic E-state index is 11.9. The standard InChI is InChI=1S/C13H17NO3S/c1-8(13(16)17)7-14-12(15)11-6-9-4-2-3-5-10(9)18-11/h6,8H,2-5,7H2,1H3,(H,14,15)(H,16,17). The number of amides is 1. The summed E-state index contributed by atoms with van der Waals surface area (Å²) in [4.78, 5) is 24.6. The van der Waals surface area contributed by atoms with Crippen molar-refractivity contribution in [1.82, 2.24) is 5.32 Å². The highest BCUT2D eigenvalue weighted by Gasteiger charge is 2.18. The molecule has 1 atom stereocenters. The summed E-state index contributed by atoms with van der Waals surface area (Å²) >= 11 is 1.54. The van der Waals surface area contributed by atoms with Crippen LogP contribution in [0.4, 0.5) is 0 Å². The van der Waals surface area contributed by atoms with Crippen LogP contribution in [0.25, 0.3) is 0 Å². The van der Waals surface area contributed by atoms with E-state index in [4.69, 9.17) is 5.11 Å². The van der Waals surface area contributed by atoms with E-state index in [1.807, 2.05) is 6.07 Å². The Hall–Kier alpha value is -1.36. The number of carbonyl (C=O) groups excluding carboxylic acids is 1.